The normalized spacial score (nSPS) is 12.2. The van der Waals surface area contributed by atoms with Crippen LogP contribution in [0, 0.1) is 0 Å². The Labute approximate surface area is 125 Å². The summed E-state index contributed by atoms with van der Waals surface area (Å²) in [5, 5.41) is 2.02. The number of hydrogen-bond acceptors (Lipinski definition) is 3. The van der Waals surface area contributed by atoms with Crippen molar-refractivity contribution in [1.29, 1.82) is 0 Å². The summed E-state index contributed by atoms with van der Waals surface area (Å²) in [6.45, 7) is 2.02. The fraction of sp³-hybridized carbons (Fsp3) is 0.214. The Bertz CT molecular complexity index is 583. The van der Waals surface area contributed by atoms with Crippen LogP contribution < -0.4 is 5.73 Å². The molecule has 1 heterocycles. The third kappa shape index (κ3) is 2.98. The summed E-state index contributed by atoms with van der Waals surface area (Å²) in [5.41, 5.74) is 6.99. The standard InChI is InChI=1S/C14H15BrN2OS/c1-9(13-4-3-7-19-13)17(2)14(18)10-5-6-11(15)12(16)8-10/h3-9H,16H2,1-2H3. The number of halogens is 1. The molecule has 0 bridgehead atoms. The summed E-state index contributed by atoms with van der Waals surface area (Å²) in [6.07, 6.45) is 0. The number of amides is 1. The Hall–Kier alpha value is -1.33. The van der Waals surface area contributed by atoms with E-state index in [4.69, 9.17) is 5.73 Å². The predicted octanol–water partition coefficient (Wildman–Crippen LogP) is 3.93. The van der Waals surface area contributed by atoms with Gasteiger partial charge in [-0.2, -0.15) is 0 Å². The SMILES string of the molecule is CC(c1cccs1)N(C)C(=O)c1ccc(Br)c(N)c1. The zero-order valence-corrected chi connectivity index (χ0v) is 13.2. The maximum absolute atomic E-state index is 12.4. The highest BCUT2D eigenvalue weighted by Crippen LogP contribution is 2.26. The van der Waals surface area contributed by atoms with E-state index < -0.39 is 0 Å². The molecule has 1 aromatic carbocycles. The molecule has 2 N–H and O–H groups in total. The Balaban J connectivity index is 2.21. The monoisotopic (exact) mass is 338 g/mol. The third-order valence-electron chi connectivity index (χ3n) is 3.10. The Morgan fingerprint density at radius 3 is 2.74 bits per heavy atom. The smallest absolute Gasteiger partial charge is 0.254 e. The lowest BCUT2D eigenvalue weighted by Crippen LogP contribution is -2.29. The molecule has 0 saturated carbocycles. The molecule has 1 amide bonds. The van der Waals surface area contributed by atoms with Crippen LogP contribution in [0.3, 0.4) is 0 Å². The zero-order valence-electron chi connectivity index (χ0n) is 10.8. The van der Waals surface area contributed by atoms with E-state index in [2.05, 4.69) is 15.9 Å². The van der Waals surface area contributed by atoms with Gasteiger partial charge in [0.1, 0.15) is 0 Å². The van der Waals surface area contributed by atoms with E-state index >= 15 is 0 Å². The molecule has 1 aromatic heterocycles. The Morgan fingerprint density at radius 1 is 1.42 bits per heavy atom. The number of hydrogen-bond donors (Lipinski definition) is 1. The molecule has 3 nitrogen and oxygen atoms in total. The summed E-state index contributed by atoms with van der Waals surface area (Å²) >= 11 is 4.98. The maximum atomic E-state index is 12.4. The number of benzene rings is 1. The molecular formula is C14H15BrN2OS. The van der Waals surface area contributed by atoms with Gasteiger partial charge in [-0.3, -0.25) is 4.79 Å². The van der Waals surface area contributed by atoms with Crippen LogP contribution in [0.25, 0.3) is 0 Å². The van der Waals surface area contributed by atoms with Crippen molar-refractivity contribution >= 4 is 38.9 Å². The molecule has 100 valence electrons. The van der Waals surface area contributed by atoms with Crippen molar-refractivity contribution in [3.8, 4) is 0 Å². The van der Waals surface area contributed by atoms with Crippen molar-refractivity contribution < 1.29 is 4.79 Å². The molecule has 0 spiro atoms. The van der Waals surface area contributed by atoms with Crippen molar-refractivity contribution in [2.24, 2.45) is 0 Å². The number of nitrogens with two attached hydrogens (primary N) is 1. The number of nitrogens with zero attached hydrogens (tertiary/aromatic N) is 1. The lowest BCUT2D eigenvalue weighted by atomic mass is 10.1. The van der Waals surface area contributed by atoms with E-state index in [-0.39, 0.29) is 11.9 Å². The summed E-state index contributed by atoms with van der Waals surface area (Å²) < 4.78 is 0.804. The molecule has 0 radical (unpaired) electrons. The van der Waals surface area contributed by atoms with Crippen molar-refractivity contribution in [1.82, 2.24) is 4.90 Å². The molecule has 2 aromatic rings. The van der Waals surface area contributed by atoms with E-state index in [1.165, 1.54) is 4.88 Å². The van der Waals surface area contributed by atoms with Crippen molar-refractivity contribution in [2.45, 2.75) is 13.0 Å². The van der Waals surface area contributed by atoms with Gasteiger partial charge in [0, 0.05) is 27.6 Å². The van der Waals surface area contributed by atoms with Crippen LogP contribution in [0.5, 0.6) is 0 Å². The van der Waals surface area contributed by atoms with Crippen LogP contribution in [0.2, 0.25) is 0 Å². The molecule has 0 fully saturated rings. The van der Waals surface area contributed by atoms with Gasteiger partial charge in [0.15, 0.2) is 0 Å². The van der Waals surface area contributed by atoms with Gasteiger partial charge in [-0.1, -0.05) is 6.07 Å². The fourth-order valence-corrected chi connectivity index (χ4v) is 2.85. The molecule has 0 aliphatic carbocycles. The van der Waals surface area contributed by atoms with Crippen LogP contribution in [0.1, 0.15) is 28.2 Å². The number of carbonyl (C=O) groups excluding carboxylic acids is 1. The van der Waals surface area contributed by atoms with Gasteiger partial charge < -0.3 is 10.6 Å². The quantitative estimate of drug-likeness (QED) is 0.862. The topological polar surface area (TPSA) is 46.3 Å². The van der Waals surface area contributed by atoms with Gasteiger partial charge in [-0.15, -0.1) is 11.3 Å². The number of thiophene rings is 1. The van der Waals surface area contributed by atoms with Gasteiger partial charge in [0.25, 0.3) is 5.91 Å². The molecule has 0 aliphatic rings. The molecule has 2 rings (SSSR count). The Kier molecular flexibility index (Phi) is 4.27. The van der Waals surface area contributed by atoms with E-state index in [9.17, 15) is 4.79 Å². The first kappa shape index (κ1) is 14.1. The molecule has 0 saturated heterocycles. The minimum absolute atomic E-state index is 0.0277. The second-order valence-electron chi connectivity index (χ2n) is 4.34. The van der Waals surface area contributed by atoms with Gasteiger partial charge in [-0.25, -0.2) is 0 Å². The number of anilines is 1. The summed E-state index contributed by atoms with van der Waals surface area (Å²) in [6, 6.07) is 9.36. The van der Waals surface area contributed by atoms with E-state index in [1.807, 2.05) is 31.5 Å². The molecular weight excluding hydrogens is 324 g/mol. The first-order valence-electron chi connectivity index (χ1n) is 5.86. The van der Waals surface area contributed by atoms with Crippen LogP contribution in [-0.2, 0) is 0 Å². The summed E-state index contributed by atoms with van der Waals surface area (Å²) in [5.74, 6) is -0.0277. The lowest BCUT2D eigenvalue weighted by Gasteiger charge is -2.24. The van der Waals surface area contributed by atoms with Gasteiger partial charge >= 0.3 is 0 Å². The van der Waals surface area contributed by atoms with Crippen LogP contribution >= 0.6 is 27.3 Å². The molecule has 0 aliphatic heterocycles. The van der Waals surface area contributed by atoms with Crippen LogP contribution in [-0.4, -0.2) is 17.9 Å². The number of rotatable bonds is 3. The van der Waals surface area contributed by atoms with Crippen molar-refractivity contribution in [3.63, 3.8) is 0 Å². The second kappa shape index (κ2) is 5.75. The highest BCUT2D eigenvalue weighted by atomic mass is 79.9. The minimum atomic E-state index is -0.0277. The lowest BCUT2D eigenvalue weighted by molar-refractivity contribution is 0.0745. The highest BCUT2D eigenvalue weighted by molar-refractivity contribution is 9.10. The number of carbonyl (C=O) groups is 1. The zero-order chi connectivity index (χ0) is 14.0. The van der Waals surface area contributed by atoms with Crippen molar-refractivity contribution in [2.75, 3.05) is 12.8 Å². The van der Waals surface area contributed by atoms with E-state index in [0.29, 0.717) is 11.3 Å². The maximum Gasteiger partial charge on any atom is 0.254 e. The van der Waals surface area contributed by atoms with Gasteiger partial charge in [0.05, 0.1) is 6.04 Å². The first-order chi connectivity index (χ1) is 9.00. The summed E-state index contributed by atoms with van der Waals surface area (Å²) in [4.78, 5) is 15.3. The summed E-state index contributed by atoms with van der Waals surface area (Å²) in [7, 11) is 1.81. The second-order valence-corrected chi connectivity index (χ2v) is 6.18. The molecule has 1 atom stereocenters. The largest absolute Gasteiger partial charge is 0.398 e. The van der Waals surface area contributed by atoms with Gasteiger partial charge in [0.2, 0.25) is 0 Å². The average Bonchev–Trinajstić information content (AvgIpc) is 2.93. The minimum Gasteiger partial charge on any atom is -0.398 e. The molecule has 5 heteroatoms. The molecule has 1 unspecified atom stereocenters. The first-order valence-corrected chi connectivity index (χ1v) is 7.53. The fourth-order valence-electron chi connectivity index (χ4n) is 1.78. The number of nitrogen functional groups attached to an aromatic ring is 1. The van der Waals surface area contributed by atoms with Crippen LogP contribution in [0.4, 0.5) is 5.69 Å². The Morgan fingerprint density at radius 2 is 2.16 bits per heavy atom. The van der Waals surface area contributed by atoms with Crippen molar-refractivity contribution in [3.05, 3.63) is 50.6 Å². The average molecular weight is 339 g/mol. The predicted molar refractivity (Wildman–Crippen MR) is 83.4 cm³/mol. The highest BCUT2D eigenvalue weighted by Gasteiger charge is 2.19. The van der Waals surface area contributed by atoms with Crippen LogP contribution in [0.15, 0.2) is 40.2 Å². The van der Waals surface area contributed by atoms with E-state index in [1.54, 1.807) is 34.4 Å². The van der Waals surface area contributed by atoms with Gasteiger partial charge in [-0.05, 0) is 52.5 Å². The van der Waals surface area contributed by atoms with E-state index in [0.717, 1.165) is 4.47 Å². The third-order valence-corrected chi connectivity index (χ3v) is 4.86. The molecule has 19 heavy (non-hydrogen) atoms.